The van der Waals surface area contributed by atoms with Crippen LogP contribution in [-0.2, 0) is 11.3 Å². The number of nitrogens with zero attached hydrogens (tertiary/aromatic N) is 6. The van der Waals surface area contributed by atoms with Gasteiger partial charge in [0.15, 0.2) is 0 Å². The normalized spacial score (nSPS) is 12.9. The lowest BCUT2D eigenvalue weighted by molar-refractivity contribution is -0.111. The molecule has 41 heavy (non-hydrogen) atoms. The number of likely N-dealkylation sites (N-methyl/N-ethyl adjacent to an activating group) is 3. The molecule has 2 N–H and O–H groups in total. The summed E-state index contributed by atoms with van der Waals surface area (Å²) in [6, 6.07) is 13.8. The van der Waals surface area contributed by atoms with Crippen LogP contribution in [0.1, 0.15) is 16.1 Å². The van der Waals surface area contributed by atoms with Crippen molar-refractivity contribution in [2.24, 2.45) is 0 Å². The third-order valence-electron chi connectivity index (χ3n) is 7.42. The number of hydrogen-bond donors (Lipinski definition) is 2. The monoisotopic (exact) mass is 552 g/mol. The van der Waals surface area contributed by atoms with E-state index >= 15 is 0 Å². The second-order valence-electron chi connectivity index (χ2n) is 10.6. The zero-order chi connectivity index (χ0) is 29.3. The van der Waals surface area contributed by atoms with Crippen LogP contribution in [0.25, 0.3) is 22.2 Å². The molecule has 0 aliphatic carbocycles. The number of carbonyl (C=O) groups excluding carboxylic acids is 2. The first-order valence-corrected chi connectivity index (χ1v) is 13.6. The number of benzene rings is 2. The fourth-order valence-corrected chi connectivity index (χ4v) is 5.13. The Labute approximate surface area is 240 Å². The van der Waals surface area contributed by atoms with Crippen molar-refractivity contribution in [3.8, 4) is 11.3 Å². The first kappa shape index (κ1) is 27.9. The number of anilines is 4. The van der Waals surface area contributed by atoms with Gasteiger partial charge in [-0.15, -0.1) is 0 Å². The second-order valence-corrected chi connectivity index (χ2v) is 10.6. The number of rotatable bonds is 9. The minimum atomic E-state index is -0.291. The summed E-state index contributed by atoms with van der Waals surface area (Å²) in [7, 11) is 7.89. The summed E-state index contributed by atoms with van der Waals surface area (Å²) < 4.78 is 2.09. The Balaban J connectivity index is 1.54. The summed E-state index contributed by atoms with van der Waals surface area (Å²) in [5, 5.41) is 7.26. The first-order valence-electron chi connectivity index (χ1n) is 13.6. The standard InChI is InChI=1S/C31H36N8O2/c1-7-27(40)33-24-19-23(20(2)18-26(24)37(5)15-14-36(3)4)35-31-32-13-12-22(34-31)28-21-10-8-9-11-25(21)39-17-16-38(6)30(41)29(28)39/h7-13,18-19H,1,14-17H2,2-6H3,(H,33,40)(H,32,34,35). The molecule has 0 atom stereocenters. The van der Waals surface area contributed by atoms with Gasteiger partial charge in [0.2, 0.25) is 11.9 Å². The van der Waals surface area contributed by atoms with Gasteiger partial charge >= 0.3 is 0 Å². The van der Waals surface area contributed by atoms with E-state index in [1.807, 2.05) is 77.6 Å². The molecule has 0 fully saturated rings. The van der Waals surface area contributed by atoms with Crippen LogP contribution < -0.4 is 15.5 Å². The zero-order valence-corrected chi connectivity index (χ0v) is 24.2. The molecule has 1 aliphatic rings. The van der Waals surface area contributed by atoms with Crippen LogP contribution in [0.4, 0.5) is 23.0 Å². The van der Waals surface area contributed by atoms with Crippen molar-refractivity contribution in [3.05, 3.63) is 72.6 Å². The largest absolute Gasteiger partial charge is 0.372 e. The lowest BCUT2D eigenvalue weighted by Gasteiger charge is -2.26. The van der Waals surface area contributed by atoms with Crippen molar-refractivity contribution in [2.45, 2.75) is 13.5 Å². The number of amides is 2. The minimum absolute atomic E-state index is 0.0250. The fourth-order valence-electron chi connectivity index (χ4n) is 5.13. The molecule has 4 aromatic rings. The van der Waals surface area contributed by atoms with Gasteiger partial charge < -0.3 is 29.9 Å². The molecule has 0 radical (unpaired) electrons. The maximum absolute atomic E-state index is 13.3. The molecule has 2 aromatic heterocycles. The van der Waals surface area contributed by atoms with Crippen LogP contribution in [0.2, 0.25) is 0 Å². The van der Waals surface area contributed by atoms with Crippen molar-refractivity contribution >= 4 is 45.7 Å². The van der Waals surface area contributed by atoms with E-state index in [1.165, 1.54) is 6.08 Å². The Morgan fingerprint density at radius 3 is 2.63 bits per heavy atom. The third-order valence-corrected chi connectivity index (χ3v) is 7.42. The average molecular weight is 553 g/mol. The molecule has 0 unspecified atom stereocenters. The van der Waals surface area contributed by atoms with E-state index < -0.39 is 0 Å². The Morgan fingerprint density at radius 2 is 1.88 bits per heavy atom. The van der Waals surface area contributed by atoms with Crippen LogP contribution in [0.3, 0.4) is 0 Å². The van der Waals surface area contributed by atoms with E-state index in [-0.39, 0.29) is 11.8 Å². The quantitative estimate of drug-likeness (QED) is 0.298. The van der Waals surface area contributed by atoms with Gasteiger partial charge in [0.25, 0.3) is 5.91 Å². The molecule has 10 nitrogen and oxygen atoms in total. The molecular formula is C31H36N8O2. The maximum Gasteiger partial charge on any atom is 0.271 e. The molecular weight excluding hydrogens is 516 g/mol. The van der Waals surface area contributed by atoms with Gasteiger partial charge in [-0.25, -0.2) is 9.97 Å². The molecule has 0 bridgehead atoms. The van der Waals surface area contributed by atoms with Crippen molar-refractivity contribution in [1.29, 1.82) is 0 Å². The van der Waals surface area contributed by atoms with E-state index in [0.29, 0.717) is 29.6 Å². The molecule has 3 heterocycles. The Morgan fingerprint density at radius 1 is 1.10 bits per heavy atom. The lowest BCUT2D eigenvalue weighted by Crippen LogP contribution is -2.37. The van der Waals surface area contributed by atoms with Crippen molar-refractivity contribution < 1.29 is 9.59 Å². The van der Waals surface area contributed by atoms with E-state index in [9.17, 15) is 9.59 Å². The summed E-state index contributed by atoms with van der Waals surface area (Å²) in [4.78, 5) is 40.9. The smallest absolute Gasteiger partial charge is 0.271 e. The highest BCUT2D eigenvalue weighted by molar-refractivity contribution is 6.10. The summed E-state index contributed by atoms with van der Waals surface area (Å²) in [6.07, 6.45) is 2.95. The summed E-state index contributed by atoms with van der Waals surface area (Å²) in [6.45, 7) is 8.63. The van der Waals surface area contributed by atoms with Crippen molar-refractivity contribution in [3.63, 3.8) is 0 Å². The third kappa shape index (κ3) is 5.51. The number of carbonyl (C=O) groups is 2. The Hall–Kier alpha value is -4.70. The van der Waals surface area contributed by atoms with Crippen molar-refractivity contribution in [2.75, 3.05) is 63.4 Å². The first-order chi connectivity index (χ1) is 19.7. The molecule has 0 saturated carbocycles. The number of aryl methyl sites for hydroxylation is 1. The highest BCUT2D eigenvalue weighted by Gasteiger charge is 2.30. The molecule has 10 heteroatoms. The summed E-state index contributed by atoms with van der Waals surface area (Å²) in [5.41, 5.74) is 6.39. The number of para-hydroxylation sites is 1. The number of hydrogen-bond acceptors (Lipinski definition) is 7. The topological polar surface area (TPSA) is 98.6 Å². The minimum Gasteiger partial charge on any atom is -0.372 e. The van der Waals surface area contributed by atoms with Gasteiger partial charge in [0.05, 0.1) is 17.1 Å². The van der Waals surface area contributed by atoms with E-state index in [0.717, 1.165) is 53.0 Å². The van der Waals surface area contributed by atoms with Gasteiger partial charge in [0.1, 0.15) is 5.69 Å². The van der Waals surface area contributed by atoms with Crippen LogP contribution in [0.15, 0.2) is 61.3 Å². The fraction of sp³-hybridized carbons (Fsp3) is 0.290. The molecule has 2 aromatic carbocycles. The van der Waals surface area contributed by atoms with Gasteiger partial charge in [-0.3, -0.25) is 9.59 Å². The molecule has 0 saturated heterocycles. The highest BCUT2D eigenvalue weighted by Crippen LogP contribution is 2.37. The molecule has 212 valence electrons. The van der Waals surface area contributed by atoms with Gasteiger partial charge in [-0.1, -0.05) is 24.8 Å². The highest BCUT2D eigenvalue weighted by atomic mass is 16.2. The number of aromatic nitrogens is 3. The molecule has 1 aliphatic heterocycles. The molecule has 0 spiro atoms. The van der Waals surface area contributed by atoms with Crippen LogP contribution in [0.5, 0.6) is 0 Å². The van der Waals surface area contributed by atoms with Gasteiger partial charge in [-0.2, -0.15) is 0 Å². The average Bonchev–Trinajstić information content (AvgIpc) is 3.30. The summed E-state index contributed by atoms with van der Waals surface area (Å²) >= 11 is 0. The van der Waals surface area contributed by atoms with Gasteiger partial charge in [0, 0.05) is 68.6 Å². The number of nitrogens with one attached hydrogen (secondary N) is 2. The Kier molecular flexibility index (Phi) is 7.76. The second kappa shape index (κ2) is 11.4. The predicted octanol–water partition coefficient (Wildman–Crippen LogP) is 4.36. The van der Waals surface area contributed by atoms with Crippen LogP contribution >= 0.6 is 0 Å². The van der Waals surface area contributed by atoms with Crippen molar-refractivity contribution in [1.82, 2.24) is 24.3 Å². The Bertz CT molecular complexity index is 1640. The zero-order valence-electron chi connectivity index (χ0n) is 24.2. The number of fused-ring (bicyclic) bond motifs is 3. The molecule has 5 rings (SSSR count). The lowest BCUT2D eigenvalue weighted by atomic mass is 10.1. The maximum atomic E-state index is 13.3. The van der Waals surface area contributed by atoms with Gasteiger partial charge in [-0.05, 0) is 56.9 Å². The van der Waals surface area contributed by atoms with E-state index in [2.05, 4.69) is 36.6 Å². The SMILES string of the molecule is C=CC(=O)Nc1cc(Nc2nccc(-c3c4n(c5ccccc35)CCN(C)C4=O)n2)c(C)cc1N(C)CCN(C)C. The van der Waals surface area contributed by atoms with E-state index in [1.54, 1.807) is 11.1 Å². The predicted molar refractivity (Wildman–Crippen MR) is 165 cm³/mol. The molecule has 2 amide bonds. The summed E-state index contributed by atoms with van der Waals surface area (Å²) in [5.74, 6) is 0.0734. The van der Waals surface area contributed by atoms with E-state index in [4.69, 9.17) is 4.98 Å². The van der Waals surface area contributed by atoms with Crippen LogP contribution in [0, 0.1) is 6.92 Å². The van der Waals surface area contributed by atoms with Crippen LogP contribution in [-0.4, -0.2) is 84.0 Å².